The summed E-state index contributed by atoms with van der Waals surface area (Å²) in [6, 6.07) is 3.17. The van der Waals surface area contributed by atoms with Gasteiger partial charge in [-0.1, -0.05) is 13.8 Å². The summed E-state index contributed by atoms with van der Waals surface area (Å²) < 4.78 is 25.3. The number of piperazine rings is 1. The average molecular weight is 718 g/mol. The summed E-state index contributed by atoms with van der Waals surface area (Å²) >= 11 is 0. The van der Waals surface area contributed by atoms with Crippen LogP contribution in [0.15, 0.2) is 24.5 Å². The second-order valence-electron chi connectivity index (χ2n) is 16.2. The van der Waals surface area contributed by atoms with Gasteiger partial charge in [0.2, 0.25) is 0 Å². The van der Waals surface area contributed by atoms with Crippen LogP contribution < -0.4 is 0 Å². The lowest BCUT2D eigenvalue weighted by atomic mass is 9.74. The summed E-state index contributed by atoms with van der Waals surface area (Å²) in [6.07, 6.45) is 0.924. The number of ether oxygens (including phenoxy) is 4. The number of aliphatic hydroxyl groups excluding tert-OH is 1. The maximum absolute atomic E-state index is 14.4. The molecule has 0 aromatic carbocycles. The molecule has 3 fully saturated rings. The third kappa shape index (κ3) is 9.54. The van der Waals surface area contributed by atoms with Gasteiger partial charge in [0.15, 0.2) is 12.1 Å². The first-order valence-corrected chi connectivity index (χ1v) is 18.5. The van der Waals surface area contributed by atoms with Crippen molar-refractivity contribution in [2.45, 2.75) is 110 Å². The van der Waals surface area contributed by atoms with Crippen LogP contribution in [0.25, 0.3) is 0 Å². The van der Waals surface area contributed by atoms with Crippen molar-refractivity contribution in [1.82, 2.24) is 24.6 Å². The van der Waals surface area contributed by atoms with E-state index in [0.717, 1.165) is 0 Å². The number of hydrogen-bond acceptors (Lipinski definition) is 12. The van der Waals surface area contributed by atoms with Crippen molar-refractivity contribution < 1.29 is 38.4 Å². The summed E-state index contributed by atoms with van der Waals surface area (Å²) in [5.74, 6) is -1.68. The van der Waals surface area contributed by atoms with Crippen molar-refractivity contribution in [2.75, 3.05) is 67.5 Å². The molecule has 13 nitrogen and oxygen atoms in total. The van der Waals surface area contributed by atoms with E-state index in [1.54, 1.807) is 52.4 Å². The van der Waals surface area contributed by atoms with Crippen molar-refractivity contribution in [3.8, 4) is 0 Å². The topological polar surface area (TPSA) is 134 Å². The second-order valence-corrected chi connectivity index (χ2v) is 16.2. The fourth-order valence-electron chi connectivity index (χ4n) is 8.21. The number of aromatic nitrogens is 1. The molecule has 51 heavy (non-hydrogen) atoms. The van der Waals surface area contributed by atoms with Crippen LogP contribution in [0.5, 0.6) is 0 Å². The highest BCUT2D eigenvalue weighted by atomic mass is 16.7. The first-order chi connectivity index (χ1) is 23.9. The van der Waals surface area contributed by atoms with E-state index >= 15 is 0 Å². The van der Waals surface area contributed by atoms with E-state index < -0.39 is 47.5 Å². The molecule has 3 aliphatic rings. The molecule has 1 aromatic heterocycles. The fourth-order valence-corrected chi connectivity index (χ4v) is 8.21. The first kappa shape index (κ1) is 41.2. The standard InChI is InChI=1S/C38H63N5O8/c1-24-20-38(7,48-11)33(51-35-31(44)29(40(8)9)19-25(2)49-35)26(3)32(45)37(5,6)36(47)50-27(4)30(41(10)22-24)23-42-15-17-43(18-16-42)34(46)28-13-12-14-39-21-28/h12-14,21,24-27,29-31,33,35,44H,15-20,22-23H2,1-11H3/t24-,25-,26+,27+,29+,30+,31-,33-,35+,38-/m1/s1. The molecule has 0 aliphatic carbocycles. The molecule has 4 heterocycles. The molecule has 288 valence electrons. The molecule has 0 spiro atoms. The van der Waals surface area contributed by atoms with Crippen LogP contribution in [-0.2, 0) is 28.5 Å². The minimum Gasteiger partial charge on any atom is -0.460 e. The van der Waals surface area contributed by atoms with Gasteiger partial charge < -0.3 is 33.9 Å². The maximum atomic E-state index is 14.4. The Hall–Kier alpha value is -2.52. The van der Waals surface area contributed by atoms with Crippen LogP contribution in [0.3, 0.4) is 0 Å². The number of esters is 1. The van der Waals surface area contributed by atoms with E-state index in [1.165, 1.54) is 0 Å². The number of rotatable bonds is 7. The number of amides is 1. The molecule has 4 rings (SSSR count). The van der Waals surface area contributed by atoms with Crippen molar-refractivity contribution in [1.29, 1.82) is 0 Å². The minimum absolute atomic E-state index is 0.0285. The van der Waals surface area contributed by atoms with E-state index in [9.17, 15) is 19.5 Å². The number of carbonyl (C=O) groups is 3. The number of methoxy groups -OCH3 is 1. The van der Waals surface area contributed by atoms with E-state index in [1.807, 2.05) is 51.7 Å². The van der Waals surface area contributed by atoms with E-state index in [2.05, 4.69) is 21.7 Å². The van der Waals surface area contributed by atoms with Crippen LogP contribution in [0.1, 0.15) is 71.7 Å². The zero-order valence-electron chi connectivity index (χ0n) is 32.7. The van der Waals surface area contributed by atoms with Gasteiger partial charge in [0, 0.05) is 70.7 Å². The zero-order chi connectivity index (χ0) is 37.8. The molecule has 10 atom stereocenters. The predicted molar refractivity (Wildman–Crippen MR) is 193 cm³/mol. The van der Waals surface area contributed by atoms with Gasteiger partial charge in [-0.3, -0.25) is 29.2 Å². The number of nitrogens with zero attached hydrogens (tertiary/aromatic N) is 5. The van der Waals surface area contributed by atoms with Gasteiger partial charge in [0.1, 0.15) is 17.6 Å². The number of aliphatic hydroxyl groups is 1. The lowest BCUT2D eigenvalue weighted by molar-refractivity contribution is -0.295. The summed E-state index contributed by atoms with van der Waals surface area (Å²) in [5.41, 5.74) is -1.89. The maximum Gasteiger partial charge on any atom is 0.319 e. The quantitative estimate of drug-likeness (QED) is 0.328. The molecular formula is C38H63N5O8. The number of hydrogen-bond donors (Lipinski definition) is 1. The highest BCUT2D eigenvalue weighted by molar-refractivity contribution is 6.04. The summed E-state index contributed by atoms with van der Waals surface area (Å²) in [5, 5.41) is 11.4. The largest absolute Gasteiger partial charge is 0.460 e. The van der Waals surface area contributed by atoms with Gasteiger partial charge >= 0.3 is 5.97 Å². The number of pyridine rings is 1. The number of carbonyl (C=O) groups excluding carboxylic acids is 3. The Bertz CT molecular complexity index is 1320. The summed E-state index contributed by atoms with van der Waals surface area (Å²) in [4.78, 5) is 53.8. The average Bonchev–Trinajstić information content (AvgIpc) is 3.09. The van der Waals surface area contributed by atoms with Gasteiger partial charge in [0.25, 0.3) is 5.91 Å². The second kappa shape index (κ2) is 17.1. The Morgan fingerprint density at radius 3 is 2.35 bits per heavy atom. The summed E-state index contributed by atoms with van der Waals surface area (Å²) in [7, 11) is 7.49. The SMILES string of the molecule is CO[C@]1(C)C[C@@H](C)CN(C)[C@@H](CN2CCN(C(=O)c3cccnc3)CC2)[C@H](C)OC(=O)C(C)(C)C(=O)[C@H](C)[C@H]1O[C@@H]1O[C@H](C)C[C@H](N(C)C)[C@H]1O. The van der Waals surface area contributed by atoms with Gasteiger partial charge in [-0.05, 0) is 86.7 Å². The molecule has 1 amide bonds. The molecule has 0 bridgehead atoms. The van der Waals surface area contributed by atoms with E-state index in [-0.39, 0.29) is 35.8 Å². The van der Waals surface area contributed by atoms with Gasteiger partial charge in [-0.2, -0.15) is 0 Å². The van der Waals surface area contributed by atoms with Crippen LogP contribution in [-0.4, -0.2) is 163 Å². The lowest BCUT2D eigenvalue weighted by Gasteiger charge is -2.47. The Morgan fingerprint density at radius 1 is 1.10 bits per heavy atom. The highest BCUT2D eigenvalue weighted by Gasteiger charge is 2.52. The summed E-state index contributed by atoms with van der Waals surface area (Å²) in [6.45, 7) is 16.7. The number of cyclic esters (lactones) is 1. The molecular weight excluding hydrogens is 654 g/mol. The highest BCUT2D eigenvalue weighted by Crippen LogP contribution is 2.38. The smallest absolute Gasteiger partial charge is 0.319 e. The number of ketones is 1. The zero-order valence-corrected chi connectivity index (χ0v) is 32.7. The molecule has 13 heteroatoms. The van der Waals surface area contributed by atoms with Gasteiger partial charge in [-0.15, -0.1) is 0 Å². The third-order valence-corrected chi connectivity index (χ3v) is 11.4. The van der Waals surface area contributed by atoms with Crippen LogP contribution >= 0.6 is 0 Å². The monoisotopic (exact) mass is 717 g/mol. The van der Waals surface area contributed by atoms with Crippen molar-refractivity contribution in [3.05, 3.63) is 30.1 Å². The number of likely N-dealkylation sites (N-methyl/N-ethyl adjacent to an activating group) is 2. The van der Waals surface area contributed by atoms with Gasteiger partial charge in [-0.25, -0.2) is 0 Å². The van der Waals surface area contributed by atoms with Crippen molar-refractivity contribution in [2.24, 2.45) is 17.3 Å². The predicted octanol–water partition coefficient (Wildman–Crippen LogP) is 2.56. The number of Topliss-reactive ketones (excluding diaryl/α,β-unsaturated/α-hetero) is 1. The van der Waals surface area contributed by atoms with Gasteiger partial charge in [0.05, 0.1) is 29.4 Å². The third-order valence-electron chi connectivity index (χ3n) is 11.4. The van der Waals surface area contributed by atoms with Crippen molar-refractivity contribution >= 4 is 17.7 Å². The van der Waals surface area contributed by atoms with Crippen LogP contribution in [0.4, 0.5) is 0 Å². The van der Waals surface area contributed by atoms with E-state index in [0.29, 0.717) is 57.7 Å². The molecule has 1 N–H and O–H groups in total. The molecule has 0 unspecified atom stereocenters. The van der Waals surface area contributed by atoms with Crippen LogP contribution in [0, 0.1) is 17.3 Å². The molecule has 1 aromatic rings. The Balaban J connectivity index is 1.58. The van der Waals surface area contributed by atoms with Crippen molar-refractivity contribution in [3.63, 3.8) is 0 Å². The molecule has 0 saturated carbocycles. The van der Waals surface area contributed by atoms with Crippen LogP contribution in [0.2, 0.25) is 0 Å². The normalized spacial score (nSPS) is 36.6. The van der Waals surface area contributed by atoms with E-state index in [4.69, 9.17) is 18.9 Å². The lowest BCUT2D eigenvalue weighted by Crippen LogP contribution is -2.59. The molecule has 3 aliphatic heterocycles. The fraction of sp³-hybridized carbons (Fsp3) is 0.789. The first-order valence-electron chi connectivity index (χ1n) is 18.5. The minimum atomic E-state index is -1.49. The molecule has 0 radical (unpaired) electrons. The molecule has 3 saturated heterocycles. The Morgan fingerprint density at radius 2 is 1.76 bits per heavy atom. The Labute approximate surface area is 304 Å². The Kier molecular flexibility index (Phi) is 13.8.